The lowest BCUT2D eigenvalue weighted by molar-refractivity contribution is 0.504. The molecule has 1 aliphatic carbocycles. The Kier molecular flexibility index (Phi) is 4.16. The van der Waals surface area contributed by atoms with Gasteiger partial charge in [-0.3, -0.25) is 4.79 Å². The standard InChI is InChI=1S/C21H20ClN5O/c1-2-16-18(13-7-9-14(22)10-8-13)20-24-23-19-17(27(20)25-16)11-12-26(21(19)28)15-5-3-4-6-15/h7-12,15H,2-6H2,1H3. The fraction of sp³-hybridized carbons (Fsp3) is 0.333. The highest BCUT2D eigenvalue weighted by molar-refractivity contribution is 6.30. The van der Waals surface area contributed by atoms with Crippen molar-refractivity contribution < 1.29 is 0 Å². The van der Waals surface area contributed by atoms with Gasteiger partial charge in [-0.2, -0.15) is 5.10 Å². The Morgan fingerprint density at radius 3 is 2.57 bits per heavy atom. The Labute approximate surface area is 166 Å². The van der Waals surface area contributed by atoms with E-state index >= 15 is 0 Å². The molecule has 0 bridgehead atoms. The van der Waals surface area contributed by atoms with E-state index in [4.69, 9.17) is 16.7 Å². The van der Waals surface area contributed by atoms with Crippen LogP contribution in [-0.2, 0) is 6.42 Å². The molecular weight excluding hydrogens is 374 g/mol. The molecule has 1 aromatic carbocycles. The van der Waals surface area contributed by atoms with E-state index in [1.165, 1.54) is 12.8 Å². The van der Waals surface area contributed by atoms with Gasteiger partial charge in [0.1, 0.15) is 5.52 Å². The van der Waals surface area contributed by atoms with Crippen molar-refractivity contribution in [1.82, 2.24) is 24.4 Å². The molecule has 0 unspecified atom stereocenters. The van der Waals surface area contributed by atoms with Gasteiger partial charge >= 0.3 is 0 Å². The molecule has 0 saturated heterocycles. The quantitative estimate of drug-likeness (QED) is 0.516. The maximum Gasteiger partial charge on any atom is 0.280 e. The van der Waals surface area contributed by atoms with E-state index in [1.807, 2.05) is 41.1 Å². The number of aromatic nitrogens is 5. The van der Waals surface area contributed by atoms with Crippen molar-refractivity contribution >= 4 is 28.3 Å². The average Bonchev–Trinajstić information content (AvgIpc) is 3.36. The van der Waals surface area contributed by atoms with Crippen molar-refractivity contribution in [3.05, 3.63) is 57.6 Å². The third kappa shape index (κ3) is 2.63. The first-order valence-electron chi connectivity index (χ1n) is 9.72. The summed E-state index contributed by atoms with van der Waals surface area (Å²) in [5, 5.41) is 14.2. The lowest BCUT2D eigenvalue weighted by Crippen LogP contribution is -2.24. The van der Waals surface area contributed by atoms with Crippen LogP contribution in [0.5, 0.6) is 0 Å². The normalized spacial score (nSPS) is 15.1. The Hall–Kier alpha value is -2.73. The van der Waals surface area contributed by atoms with Gasteiger partial charge in [0.15, 0.2) is 11.2 Å². The summed E-state index contributed by atoms with van der Waals surface area (Å²) in [4.78, 5) is 13.0. The first kappa shape index (κ1) is 17.4. The molecule has 0 N–H and O–H groups in total. The second-order valence-electron chi connectivity index (χ2n) is 7.32. The highest BCUT2D eigenvalue weighted by Gasteiger charge is 2.22. The predicted octanol–water partition coefficient (Wildman–Crippen LogP) is 4.44. The number of nitrogens with zero attached hydrogens (tertiary/aromatic N) is 5. The number of hydrogen-bond donors (Lipinski definition) is 0. The Bertz CT molecular complexity index is 1240. The molecule has 0 aliphatic heterocycles. The molecule has 7 heteroatoms. The highest BCUT2D eigenvalue weighted by atomic mass is 35.5. The van der Waals surface area contributed by atoms with Gasteiger partial charge in [-0.1, -0.05) is 43.5 Å². The molecule has 1 fully saturated rings. The molecular formula is C21H20ClN5O. The summed E-state index contributed by atoms with van der Waals surface area (Å²) in [5.41, 5.74) is 4.49. The van der Waals surface area contributed by atoms with Gasteiger partial charge in [0, 0.05) is 17.3 Å². The van der Waals surface area contributed by atoms with Gasteiger partial charge in [-0.25, -0.2) is 4.52 Å². The van der Waals surface area contributed by atoms with E-state index in [1.54, 1.807) is 4.52 Å². The van der Waals surface area contributed by atoms with Crippen LogP contribution in [0, 0.1) is 0 Å². The van der Waals surface area contributed by atoms with Crippen molar-refractivity contribution in [3.8, 4) is 11.1 Å². The number of hydrogen-bond acceptors (Lipinski definition) is 4. The Balaban J connectivity index is 1.76. The Morgan fingerprint density at radius 2 is 1.86 bits per heavy atom. The maximum atomic E-state index is 13.0. The lowest BCUT2D eigenvalue weighted by Gasteiger charge is -2.13. The van der Waals surface area contributed by atoms with Crippen LogP contribution >= 0.6 is 11.6 Å². The number of benzene rings is 1. The number of aryl methyl sites for hydroxylation is 1. The second kappa shape index (κ2) is 6.71. The van der Waals surface area contributed by atoms with Gasteiger partial charge in [0.25, 0.3) is 5.56 Å². The zero-order valence-electron chi connectivity index (χ0n) is 15.6. The average molecular weight is 394 g/mol. The van der Waals surface area contributed by atoms with Crippen molar-refractivity contribution in [2.75, 3.05) is 0 Å². The van der Waals surface area contributed by atoms with Gasteiger partial charge in [0.05, 0.1) is 11.3 Å². The molecule has 0 amide bonds. The van der Waals surface area contributed by atoms with E-state index in [0.29, 0.717) is 21.7 Å². The van der Waals surface area contributed by atoms with Crippen LogP contribution in [0.1, 0.15) is 44.3 Å². The largest absolute Gasteiger partial charge is 0.310 e. The molecule has 0 radical (unpaired) electrons. The monoisotopic (exact) mass is 393 g/mol. The van der Waals surface area contributed by atoms with Gasteiger partial charge in [-0.05, 0) is 43.0 Å². The summed E-state index contributed by atoms with van der Waals surface area (Å²) in [6.07, 6.45) is 7.07. The van der Waals surface area contributed by atoms with Crippen LogP contribution < -0.4 is 5.56 Å². The number of rotatable bonds is 3. The van der Waals surface area contributed by atoms with E-state index in [-0.39, 0.29) is 11.6 Å². The van der Waals surface area contributed by atoms with Crippen molar-refractivity contribution in [3.63, 3.8) is 0 Å². The second-order valence-corrected chi connectivity index (χ2v) is 7.75. The van der Waals surface area contributed by atoms with Crippen molar-refractivity contribution in [1.29, 1.82) is 0 Å². The molecule has 0 spiro atoms. The maximum absolute atomic E-state index is 13.0. The number of fused-ring (bicyclic) bond motifs is 3. The minimum Gasteiger partial charge on any atom is -0.310 e. The number of halogens is 1. The van der Waals surface area contributed by atoms with Gasteiger partial charge in [0.2, 0.25) is 0 Å². The smallest absolute Gasteiger partial charge is 0.280 e. The van der Waals surface area contributed by atoms with E-state index in [9.17, 15) is 4.79 Å². The predicted molar refractivity (Wildman–Crippen MR) is 110 cm³/mol. The van der Waals surface area contributed by atoms with Crippen molar-refractivity contribution in [2.45, 2.75) is 45.1 Å². The molecule has 4 aromatic rings. The first-order valence-corrected chi connectivity index (χ1v) is 10.1. The minimum absolute atomic E-state index is 0.0830. The third-order valence-electron chi connectivity index (χ3n) is 5.67. The fourth-order valence-corrected chi connectivity index (χ4v) is 4.36. The highest BCUT2D eigenvalue weighted by Crippen LogP contribution is 2.31. The zero-order chi connectivity index (χ0) is 19.3. The van der Waals surface area contributed by atoms with E-state index < -0.39 is 0 Å². The summed E-state index contributed by atoms with van der Waals surface area (Å²) in [6.45, 7) is 2.06. The molecule has 142 valence electrons. The molecule has 1 aliphatic rings. The molecule has 5 rings (SSSR count). The molecule has 0 atom stereocenters. The molecule has 6 nitrogen and oxygen atoms in total. The van der Waals surface area contributed by atoms with Crippen LogP contribution in [0.25, 0.3) is 27.8 Å². The van der Waals surface area contributed by atoms with Gasteiger partial charge in [-0.15, -0.1) is 10.2 Å². The summed E-state index contributed by atoms with van der Waals surface area (Å²) in [5.74, 6) is 0. The third-order valence-corrected chi connectivity index (χ3v) is 5.92. The fourth-order valence-electron chi connectivity index (χ4n) is 4.23. The molecule has 1 saturated carbocycles. The topological polar surface area (TPSA) is 65.1 Å². The SMILES string of the molecule is CCc1nn2c(nnc3c(=O)n(C4CCCC4)ccc32)c1-c1ccc(Cl)cc1. The van der Waals surface area contributed by atoms with Crippen LogP contribution in [0.3, 0.4) is 0 Å². The zero-order valence-corrected chi connectivity index (χ0v) is 16.4. The Morgan fingerprint density at radius 1 is 1.11 bits per heavy atom. The summed E-state index contributed by atoms with van der Waals surface area (Å²) in [7, 11) is 0. The van der Waals surface area contributed by atoms with E-state index in [2.05, 4.69) is 17.1 Å². The minimum atomic E-state index is -0.0830. The van der Waals surface area contributed by atoms with Gasteiger partial charge < -0.3 is 4.57 Å². The van der Waals surface area contributed by atoms with Crippen LogP contribution in [0.4, 0.5) is 0 Å². The summed E-state index contributed by atoms with van der Waals surface area (Å²) < 4.78 is 3.58. The molecule has 3 heterocycles. The summed E-state index contributed by atoms with van der Waals surface area (Å²) in [6, 6.07) is 9.84. The first-order chi connectivity index (χ1) is 13.7. The lowest BCUT2D eigenvalue weighted by atomic mass is 10.0. The van der Waals surface area contributed by atoms with Crippen LogP contribution in [0.15, 0.2) is 41.3 Å². The molecule has 3 aromatic heterocycles. The van der Waals surface area contributed by atoms with Crippen LogP contribution in [0.2, 0.25) is 5.02 Å². The summed E-state index contributed by atoms with van der Waals surface area (Å²) >= 11 is 6.04. The van der Waals surface area contributed by atoms with Crippen LogP contribution in [-0.4, -0.2) is 24.4 Å². The van der Waals surface area contributed by atoms with E-state index in [0.717, 1.165) is 36.1 Å². The number of pyridine rings is 1. The molecule has 28 heavy (non-hydrogen) atoms. The van der Waals surface area contributed by atoms with Crippen molar-refractivity contribution in [2.24, 2.45) is 0 Å².